The second-order valence-electron chi connectivity index (χ2n) is 3.48. The maximum atomic E-state index is 5.32. The molecule has 1 aromatic carbocycles. The molecular weight excluding hydrogens is 234 g/mol. The number of para-hydroxylation sites is 1. The van der Waals surface area contributed by atoms with E-state index in [0.717, 1.165) is 18.2 Å². The molecule has 1 rings (SSSR count). The van der Waals surface area contributed by atoms with E-state index in [1.165, 1.54) is 0 Å². The topological polar surface area (TPSA) is 40.0 Å². The Morgan fingerprint density at radius 1 is 1.06 bits per heavy atom. The summed E-state index contributed by atoms with van der Waals surface area (Å²) in [6, 6.07) is 10.6. The minimum absolute atomic E-state index is 0.729. The zero-order valence-corrected chi connectivity index (χ0v) is 11.6. The Hall–Kier alpha value is -1.01. The van der Waals surface area contributed by atoms with E-state index in [0.29, 0.717) is 0 Å². The van der Waals surface area contributed by atoms with Crippen LogP contribution in [0, 0.1) is 0 Å². The van der Waals surface area contributed by atoms with E-state index >= 15 is 0 Å². The third kappa shape index (κ3) is 4.39. The molecule has 0 aliphatic carbocycles. The first-order valence-electron chi connectivity index (χ1n) is 5.49. The first kappa shape index (κ1) is 14.0. The highest BCUT2D eigenvalue weighted by Crippen LogP contribution is 2.15. The number of benzene rings is 1. The van der Waals surface area contributed by atoms with E-state index in [-0.39, 0.29) is 0 Å². The Labute approximate surface area is 104 Å². The van der Waals surface area contributed by atoms with Crippen molar-refractivity contribution >= 4 is 20.7 Å². The molecule has 0 amide bonds. The maximum absolute atomic E-state index is 5.32. The molecule has 0 spiro atoms. The molecule has 0 aliphatic rings. The number of nitrogens with zero attached hydrogens (tertiary/aromatic N) is 1. The summed E-state index contributed by atoms with van der Waals surface area (Å²) in [6.45, 7) is 0. The summed E-state index contributed by atoms with van der Waals surface area (Å²) in [4.78, 5) is 4.34. The monoisotopic (exact) mass is 253 g/mol. The van der Waals surface area contributed by atoms with Crippen molar-refractivity contribution in [2.45, 2.75) is 12.5 Å². The van der Waals surface area contributed by atoms with Crippen LogP contribution in [-0.2, 0) is 13.3 Å². The highest BCUT2D eigenvalue weighted by Gasteiger charge is 2.36. The van der Waals surface area contributed by atoms with E-state index < -0.39 is 8.80 Å². The Balaban J connectivity index is 2.44. The number of hydrogen-bond donors (Lipinski definition) is 0. The summed E-state index contributed by atoms with van der Waals surface area (Å²) in [5.74, 6) is 0. The molecule has 0 heterocycles. The van der Waals surface area contributed by atoms with Crippen LogP contribution in [0.5, 0.6) is 0 Å². The lowest BCUT2D eigenvalue weighted by molar-refractivity contribution is 0.124. The number of hydrogen-bond acceptors (Lipinski definition) is 4. The van der Waals surface area contributed by atoms with Crippen molar-refractivity contribution in [3.63, 3.8) is 0 Å². The normalized spacial score (nSPS) is 12.2. The van der Waals surface area contributed by atoms with Crippen LogP contribution in [-0.4, -0.2) is 36.3 Å². The Morgan fingerprint density at radius 2 is 1.65 bits per heavy atom. The minimum atomic E-state index is -2.45. The lowest BCUT2D eigenvalue weighted by atomic mass is 10.3. The van der Waals surface area contributed by atoms with E-state index in [9.17, 15) is 0 Å². The average molecular weight is 253 g/mol. The van der Waals surface area contributed by atoms with Gasteiger partial charge in [0.15, 0.2) is 0 Å². The van der Waals surface area contributed by atoms with Gasteiger partial charge in [-0.15, -0.1) is 0 Å². The Bertz CT molecular complexity index is 331. The van der Waals surface area contributed by atoms with Crippen LogP contribution in [0.1, 0.15) is 6.42 Å². The van der Waals surface area contributed by atoms with Gasteiger partial charge in [-0.05, 0) is 18.6 Å². The zero-order valence-electron chi connectivity index (χ0n) is 10.6. The van der Waals surface area contributed by atoms with Crippen molar-refractivity contribution in [1.29, 1.82) is 0 Å². The van der Waals surface area contributed by atoms with Gasteiger partial charge in [-0.3, -0.25) is 4.99 Å². The molecule has 5 heteroatoms. The van der Waals surface area contributed by atoms with Crippen LogP contribution in [0.15, 0.2) is 35.3 Å². The van der Waals surface area contributed by atoms with Gasteiger partial charge in [-0.2, -0.15) is 0 Å². The predicted octanol–water partition coefficient (Wildman–Crippen LogP) is 2.66. The van der Waals surface area contributed by atoms with Gasteiger partial charge < -0.3 is 13.3 Å². The lowest BCUT2D eigenvalue weighted by Gasteiger charge is -2.23. The molecule has 0 N–H and O–H groups in total. The second-order valence-corrected chi connectivity index (χ2v) is 6.57. The number of rotatable bonds is 7. The number of aliphatic imine (C=N–C) groups is 1. The standard InChI is InChI=1S/C12H19NO3Si/c1-14-17(15-2,16-3)11-7-10-13-12-8-5-4-6-9-12/h4-6,8-10H,7,11H2,1-3H3. The molecule has 0 saturated carbocycles. The molecule has 0 aromatic heterocycles. The summed E-state index contributed by atoms with van der Waals surface area (Å²) in [7, 11) is 2.41. The Morgan fingerprint density at radius 3 is 2.18 bits per heavy atom. The van der Waals surface area contributed by atoms with Gasteiger partial charge in [-0.1, -0.05) is 18.2 Å². The van der Waals surface area contributed by atoms with Crippen molar-refractivity contribution in [2.75, 3.05) is 21.3 Å². The molecule has 0 atom stereocenters. The summed E-state index contributed by atoms with van der Waals surface area (Å²) < 4.78 is 16.0. The molecule has 4 nitrogen and oxygen atoms in total. The van der Waals surface area contributed by atoms with Crippen LogP contribution in [0.4, 0.5) is 5.69 Å². The molecule has 1 aromatic rings. The predicted molar refractivity (Wildman–Crippen MR) is 70.8 cm³/mol. The van der Waals surface area contributed by atoms with Crippen LogP contribution in [0.3, 0.4) is 0 Å². The van der Waals surface area contributed by atoms with Crippen molar-refractivity contribution in [3.8, 4) is 0 Å². The smallest absolute Gasteiger partial charge is 0.377 e. The van der Waals surface area contributed by atoms with Crippen LogP contribution < -0.4 is 0 Å². The SMILES string of the molecule is CO[Si](CCC=Nc1ccccc1)(OC)OC. The highest BCUT2D eigenvalue weighted by molar-refractivity contribution is 6.60. The van der Waals surface area contributed by atoms with Gasteiger partial charge in [0, 0.05) is 33.6 Å². The molecular formula is C12H19NO3Si. The van der Waals surface area contributed by atoms with E-state index in [1.54, 1.807) is 21.3 Å². The summed E-state index contributed by atoms with van der Waals surface area (Å²) in [6.07, 6.45) is 2.64. The molecule has 0 bridgehead atoms. The quantitative estimate of drug-likeness (QED) is 0.554. The first-order valence-corrected chi connectivity index (χ1v) is 7.42. The second kappa shape index (κ2) is 7.34. The molecule has 0 saturated heterocycles. The maximum Gasteiger partial charge on any atom is 0.500 e. The van der Waals surface area contributed by atoms with Crippen LogP contribution >= 0.6 is 0 Å². The van der Waals surface area contributed by atoms with Crippen molar-refractivity contribution in [2.24, 2.45) is 4.99 Å². The highest BCUT2D eigenvalue weighted by atomic mass is 28.4. The van der Waals surface area contributed by atoms with E-state index in [4.69, 9.17) is 13.3 Å². The van der Waals surface area contributed by atoms with Crippen molar-refractivity contribution in [3.05, 3.63) is 30.3 Å². The van der Waals surface area contributed by atoms with Gasteiger partial charge >= 0.3 is 8.80 Å². The summed E-state index contributed by atoms with van der Waals surface area (Å²) in [5, 5.41) is 0. The molecule has 0 radical (unpaired) electrons. The molecule has 0 unspecified atom stereocenters. The molecule has 0 aliphatic heterocycles. The van der Waals surface area contributed by atoms with Gasteiger partial charge in [0.1, 0.15) is 0 Å². The van der Waals surface area contributed by atoms with Crippen molar-refractivity contribution in [1.82, 2.24) is 0 Å². The van der Waals surface area contributed by atoms with Gasteiger partial charge in [-0.25, -0.2) is 0 Å². The third-order valence-electron chi connectivity index (χ3n) is 2.51. The summed E-state index contributed by atoms with van der Waals surface area (Å²) in [5.41, 5.74) is 0.951. The fourth-order valence-electron chi connectivity index (χ4n) is 1.48. The minimum Gasteiger partial charge on any atom is -0.377 e. The van der Waals surface area contributed by atoms with Crippen LogP contribution in [0.2, 0.25) is 6.04 Å². The third-order valence-corrected chi connectivity index (χ3v) is 5.28. The zero-order chi connectivity index (χ0) is 12.6. The molecule has 17 heavy (non-hydrogen) atoms. The summed E-state index contributed by atoms with van der Waals surface area (Å²) >= 11 is 0. The molecule has 0 fully saturated rings. The van der Waals surface area contributed by atoms with Gasteiger partial charge in [0.2, 0.25) is 0 Å². The van der Waals surface area contributed by atoms with Gasteiger partial charge in [0.05, 0.1) is 5.69 Å². The lowest BCUT2D eigenvalue weighted by Crippen LogP contribution is -2.42. The van der Waals surface area contributed by atoms with E-state index in [1.807, 2.05) is 36.5 Å². The van der Waals surface area contributed by atoms with Crippen molar-refractivity contribution < 1.29 is 13.3 Å². The van der Waals surface area contributed by atoms with E-state index in [2.05, 4.69) is 4.99 Å². The largest absolute Gasteiger partial charge is 0.500 e. The molecule has 94 valence electrons. The Kier molecular flexibility index (Phi) is 6.07. The van der Waals surface area contributed by atoms with Gasteiger partial charge in [0.25, 0.3) is 0 Å². The van der Waals surface area contributed by atoms with Crippen LogP contribution in [0.25, 0.3) is 0 Å². The average Bonchev–Trinajstić information content (AvgIpc) is 2.41. The fourth-order valence-corrected chi connectivity index (χ4v) is 3.08. The first-order chi connectivity index (χ1) is 8.26. The fraction of sp³-hybridized carbons (Fsp3) is 0.417.